The van der Waals surface area contributed by atoms with Gasteiger partial charge in [-0.2, -0.15) is 5.10 Å². The molecule has 2 rings (SSSR count). The summed E-state index contributed by atoms with van der Waals surface area (Å²) >= 11 is 0. The van der Waals surface area contributed by atoms with Crippen molar-refractivity contribution in [3.8, 4) is 0 Å². The van der Waals surface area contributed by atoms with Gasteiger partial charge in [-0.25, -0.2) is 14.6 Å². The Hall–Kier alpha value is -2.69. The van der Waals surface area contributed by atoms with E-state index < -0.39 is 11.8 Å². The molecule has 0 spiro atoms. The molecule has 0 aliphatic heterocycles. The number of rotatable bonds is 3. The molecule has 21 heavy (non-hydrogen) atoms. The Morgan fingerprint density at radius 2 is 1.76 bits per heavy atom. The largest absolute Gasteiger partial charge is 0.339 e. The van der Waals surface area contributed by atoms with E-state index in [1.54, 1.807) is 18.2 Å². The smallest absolute Gasteiger partial charge is 0.306 e. The normalized spacial score (nSPS) is 10.6. The zero-order chi connectivity index (χ0) is 15.2. The van der Waals surface area contributed by atoms with Gasteiger partial charge >= 0.3 is 6.03 Å². The maximum atomic E-state index is 13.3. The summed E-state index contributed by atoms with van der Waals surface area (Å²) in [6.45, 7) is 3.82. The number of carbonyl (C=O) groups is 1. The van der Waals surface area contributed by atoms with Gasteiger partial charge in [0.1, 0.15) is 5.82 Å². The fraction of sp³-hybridized carbons (Fsp3) is 0.125. The number of carbonyl (C=O) groups excluding carboxylic acids is 1. The second-order valence-corrected chi connectivity index (χ2v) is 4.61. The van der Waals surface area contributed by atoms with Gasteiger partial charge in [0, 0.05) is 11.3 Å². The number of urea groups is 1. The fourth-order valence-electron chi connectivity index (χ4n) is 1.89. The molecule has 0 aromatic heterocycles. The summed E-state index contributed by atoms with van der Waals surface area (Å²) in [5.41, 5.74) is 5.29. The van der Waals surface area contributed by atoms with Gasteiger partial charge in [-0.3, -0.25) is 0 Å². The van der Waals surface area contributed by atoms with Crippen LogP contribution in [0.25, 0.3) is 0 Å². The van der Waals surface area contributed by atoms with E-state index in [-0.39, 0.29) is 0 Å². The lowest BCUT2D eigenvalue weighted by atomic mass is 10.1. The first kappa shape index (κ1) is 14.7. The SMILES string of the molecule is Cc1cccc(C)c1NC(=O)N/N=C\c1ccccc1F. The van der Waals surface area contributed by atoms with Crippen LogP contribution in [0.15, 0.2) is 47.6 Å². The molecule has 2 aromatic carbocycles. The molecule has 0 unspecified atom stereocenters. The third-order valence-electron chi connectivity index (χ3n) is 2.99. The van der Waals surface area contributed by atoms with Gasteiger partial charge in [-0.1, -0.05) is 36.4 Å². The standard InChI is InChI=1S/C16H16FN3O/c1-11-6-5-7-12(2)15(11)19-16(21)20-18-10-13-8-3-4-9-14(13)17/h3-10H,1-2H3,(H2,19,20,21)/b18-10-. The van der Waals surface area contributed by atoms with Gasteiger partial charge < -0.3 is 5.32 Å². The molecule has 0 aliphatic carbocycles. The molecule has 2 N–H and O–H groups in total. The number of aryl methyl sites for hydroxylation is 2. The fourth-order valence-corrected chi connectivity index (χ4v) is 1.89. The van der Waals surface area contributed by atoms with Crippen molar-refractivity contribution in [2.45, 2.75) is 13.8 Å². The number of hydrazone groups is 1. The number of benzene rings is 2. The highest BCUT2D eigenvalue weighted by Gasteiger charge is 2.05. The Bertz CT molecular complexity index is 663. The lowest BCUT2D eigenvalue weighted by Gasteiger charge is -2.10. The molecule has 0 fully saturated rings. The minimum absolute atomic E-state index is 0.310. The number of halogens is 1. The van der Waals surface area contributed by atoms with Crippen LogP contribution in [0.3, 0.4) is 0 Å². The second-order valence-electron chi connectivity index (χ2n) is 4.61. The Kier molecular flexibility index (Phi) is 4.66. The maximum absolute atomic E-state index is 13.3. The number of anilines is 1. The number of amides is 2. The zero-order valence-corrected chi connectivity index (χ0v) is 11.9. The molecule has 0 saturated heterocycles. The van der Waals surface area contributed by atoms with E-state index >= 15 is 0 Å². The van der Waals surface area contributed by atoms with Crippen LogP contribution < -0.4 is 10.7 Å². The monoisotopic (exact) mass is 285 g/mol. The van der Waals surface area contributed by atoms with Crippen molar-refractivity contribution < 1.29 is 9.18 Å². The number of para-hydroxylation sites is 1. The predicted octanol–water partition coefficient (Wildman–Crippen LogP) is 3.60. The zero-order valence-electron chi connectivity index (χ0n) is 11.9. The van der Waals surface area contributed by atoms with Gasteiger partial charge in [-0.05, 0) is 31.0 Å². The predicted molar refractivity (Wildman–Crippen MR) is 82.1 cm³/mol. The molecule has 0 radical (unpaired) electrons. The van der Waals surface area contributed by atoms with Gasteiger partial charge in [0.2, 0.25) is 0 Å². The molecule has 0 bridgehead atoms. The van der Waals surface area contributed by atoms with Crippen molar-refractivity contribution in [2.24, 2.45) is 5.10 Å². The first-order valence-electron chi connectivity index (χ1n) is 6.48. The van der Waals surface area contributed by atoms with Gasteiger partial charge in [0.25, 0.3) is 0 Å². The lowest BCUT2D eigenvalue weighted by molar-refractivity contribution is 0.252. The minimum Gasteiger partial charge on any atom is -0.306 e. The summed E-state index contributed by atoms with van der Waals surface area (Å²) in [6.07, 6.45) is 1.26. The topological polar surface area (TPSA) is 53.5 Å². The van der Waals surface area contributed by atoms with E-state index in [9.17, 15) is 9.18 Å². The van der Waals surface area contributed by atoms with Crippen molar-refractivity contribution in [1.82, 2.24) is 5.43 Å². The van der Waals surface area contributed by atoms with Crippen molar-refractivity contribution in [1.29, 1.82) is 0 Å². The van der Waals surface area contributed by atoms with Crippen LogP contribution >= 0.6 is 0 Å². The van der Waals surface area contributed by atoms with Crippen LogP contribution in [0.1, 0.15) is 16.7 Å². The molecule has 2 amide bonds. The molecular formula is C16H16FN3O. The molecule has 5 heteroatoms. The third-order valence-corrected chi connectivity index (χ3v) is 2.99. The summed E-state index contributed by atoms with van der Waals surface area (Å²) in [5, 5.41) is 6.45. The quantitative estimate of drug-likeness (QED) is 0.657. The third kappa shape index (κ3) is 3.89. The highest BCUT2D eigenvalue weighted by Crippen LogP contribution is 2.18. The number of hydrogen-bond acceptors (Lipinski definition) is 2. The molecule has 0 atom stereocenters. The van der Waals surface area contributed by atoms with Crippen LogP contribution in [0.5, 0.6) is 0 Å². The average Bonchev–Trinajstić information content (AvgIpc) is 2.45. The summed E-state index contributed by atoms with van der Waals surface area (Å²) < 4.78 is 13.3. The van der Waals surface area contributed by atoms with E-state index in [0.717, 1.165) is 16.8 Å². The van der Waals surface area contributed by atoms with Crippen molar-refractivity contribution in [3.05, 3.63) is 65.0 Å². The Morgan fingerprint density at radius 3 is 2.43 bits per heavy atom. The highest BCUT2D eigenvalue weighted by molar-refractivity contribution is 5.91. The van der Waals surface area contributed by atoms with E-state index in [1.807, 2.05) is 32.0 Å². The van der Waals surface area contributed by atoms with Crippen LogP contribution in [-0.2, 0) is 0 Å². The van der Waals surface area contributed by atoms with Crippen LogP contribution in [0, 0.1) is 19.7 Å². The lowest BCUT2D eigenvalue weighted by Crippen LogP contribution is -2.25. The summed E-state index contributed by atoms with van der Waals surface area (Å²) in [4.78, 5) is 11.8. The highest BCUT2D eigenvalue weighted by atomic mass is 19.1. The molecule has 0 heterocycles. The van der Waals surface area contributed by atoms with Crippen molar-refractivity contribution >= 4 is 17.9 Å². The van der Waals surface area contributed by atoms with E-state index in [1.165, 1.54) is 12.3 Å². The molecule has 108 valence electrons. The molecular weight excluding hydrogens is 269 g/mol. The first-order chi connectivity index (χ1) is 10.1. The summed E-state index contributed by atoms with van der Waals surface area (Å²) in [7, 11) is 0. The van der Waals surface area contributed by atoms with Crippen molar-refractivity contribution in [3.63, 3.8) is 0 Å². The average molecular weight is 285 g/mol. The van der Waals surface area contributed by atoms with Crippen LogP contribution in [0.4, 0.5) is 14.9 Å². The van der Waals surface area contributed by atoms with E-state index in [2.05, 4.69) is 15.8 Å². The Labute approximate surface area is 122 Å². The molecule has 0 saturated carbocycles. The number of nitrogens with one attached hydrogen (secondary N) is 2. The molecule has 2 aromatic rings. The van der Waals surface area contributed by atoms with Crippen molar-refractivity contribution in [2.75, 3.05) is 5.32 Å². The van der Waals surface area contributed by atoms with Gasteiger partial charge in [0.15, 0.2) is 0 Å². The first-order valence-corrected chi connectivity index (χ1v) is 6.48. The second kappa shape index (κ2) is 6.65. The minimum atomic E-state index is -0.472. The number of hydrogen-bond donors (Lipinski definition) is 2. The molecule has 4 nitrogen and oxygen atoms in total. The molecule has 0 aliphatic rings. The van der Waals surface area contributed by atoms with Crippen LogP contribution in [0.2, 0.25) is 0 Å². The summed E-state index contributed by atoms with van der Waals surface area (Å²) in [6, 6.07) is 11.5. The Balaban J connectivity index is 1.98. The van der Waals surface area contributed by atoms with Gasteiger partial charge in [-0.15, -0.1) is 0 Å². The van der Waals surface area contributed by atoms with Crippen LogP contribution in [-0.4, -0.2) is 12.2 Å². The Morgan fingerprint density at radius 1 is 1.10 bits per heavy atom. The van der Waals surface area contributed by atoms with Gasteiger partial charge in [0.05, 0.1) is 6.21 Å². The maximum Gasteiger partial charge on any atom is 0.339 e. The number of nitrogens with zero attached hydrogens (tertiary/aromatic N) is 1. The van der Waals surface area contributed by atoms with E-state index in [0.29, 0.717) is 5.56 Å². The summed E-state index contributed by atoms with van der Waals surface area (Å²) in [5.74, 6) is -0.391. The van der Waals surface area contributed by atoms with E-state index in [4.69, 9.17) is 0 Å².